The molecule has 1 aliphatic heterocycles. The van der Waals surface area contributed by atoms with Crippen molar-refractivity contribution in [2.45, 2.75) is 25.2 Å². The number of benzene rings is 2. The van der Waals surface area contributed by atoms with E-state index in [1.165, 1.54) is 11.1 Å². The minimum Gasteiger partial charge on any atom is -0.422 e. The smallest absolute Gasteiger partial charge is 0.344 e. The van der Waals surface area contributed by atoms with Crippen LogP contribution in [0.4, 0.5) is 0 Å². The van der Waals surface area contributed by atoms with E-state index < -0.39 is 0 Å². The van der Waals surface area contributed by atoms with Crippen LogP contribution in [0, 0.1) is 0 Å². The fraction of sp³-hybridized carbons (Fsp3) is 0.190. The van der Waals surface area contributed by atoms with E-state index in [9.17, 15) is 4.79 Å². The van der Waals surface area contributed by atoms with Crippen LogP contribution < -0.4 is 4.74 Å². The molecule has 1 atom stereocenters. The van der Waals surface area contributed by atoms with E-state index in [0.717, 1.165) is 24.8 Å². The zero-order valence-electron chi connectivity index (χ0n) is 12.9. The number of esters is 1. The van der Waals surface area contributed by atoms with Crippen LogP contribution in [-0.4, -0.2) is 5.97 Å². The van der Waals surface area contributed by atoms with Crippen LogP contribution in [0.15, 0.2) is 72.3 Å². The van der Waals surface area contributed by atoms with E-state index in [0.29, 0.717) is 17.2 Å². The minimum atomic E-state index is -0.239. The predicted octanol–water partition coefficient (Wildman–Crippen LogP) is 4.88. The summed E-state index contributed by atoms with van der Waals surface area (Å²) in [6.45, 7) is 0. The van der Waals surface area contributed by atoms with Crippen molar-refractivity contribution < 1.29 is 9.53 Å². The number of hydrogen-bond donors (Lipinski definition) is 0. The summed E-state index contributed by atoms with van der Waals surface area (Å²) in [6, 6.07) is 18.3. The molecule has 0 saturated carbocycles. The quantitative estimate of drug-likeness (QED) is 0.449. The molecular weight excluding hydrogens is 284 g/mol. The lowest BCUT2D eigenvalue weighted by molar-refractivity contribution is -0.126. The molecule has 114 valence electrons. The molecule has 2 aromatic rings. The van der Waals surface area contributed by atoms with Crippen molar-refractivity contribution >= 4 is 11.5 Å². The lowest BCUT2D eigenvalue weighted by Gasteiger charge is -2.21. The topological polar surface area (TPSA) is 26.3 Å². The normalized spacial score (nSPS) is 21.7. The van der Waals surface area contributed by atoms with Gasteiger partial charge in [0, 0.05) is 5.56 Å². The van der Waals surface area contributed by atoms with Gasteiger partial charge in [-0.3, -0.25) is 0 Å². The van der Waals surface area contributed by atoms with Crippen molar-refractivity contribution in [1.29, 1.82) is 0 Å². The SMILES string of the molecule is O=C1Oc2ccccc2/C1=C\C1=CCC(c2ccccc2)CC1. The highest BCUT2D eigenvalue weighted by molar-refractivity contribution is 6.21. The third-order valence-corrected chi connectivity index (χ3v) is 4.65. The Morgan fingerprint density at radius 1 is 1.00 bits per heavy atom. The molecule has 1 unspecified atom stereocenters. The van der Waals surface area contributed by atoms with Crippen molar-refractivity contribution in [3.8, 4) is 5.75 Å². The van der Waals surface area contributed by atoms with Gasteiger partial charge < -0.3 is 4.74 Å². The number of rotatable bonds is 2. The molecule has 0 spiro atoms. The number of carbonyl (C=O) groups is 1. The van der Waals surface area contributed by atoms with Gasteiger partial charge in [-0.2, -0.15) is 0 Å². The fourth-order valence-electron chi connectivity index (χ4n) is 3.38. The standard InChI is InChI=1S/C21H18O2/c22-21-19(18-8-4-5-9-20(18)23-21)14-15-10-12-17(13-11-15)16-6-2-1-3-7-16/h1-10,14,17H,11-13H2/b19-14+. The van der Waals surface area contributed by atoms with Gasteiger partial charge in [-0.05, 0) is 42.9 Å². The lowest BCUT2D eigenvalue weighted by Crippen LogP contribution is -2.05. The summed E-state index contributed by atoms with van der Waals surface area (Å²) in [4.78, 5) is 12.1. The molecule has 0 N–H and O–H groups in total. The highest BCUT2D eigenvalue weighted by Crippen LogP contribution is 2.37. The molecule has 1 heterocycles. The Hall–Kier alpha value is -2.61. The Bertz CT molecular complexity index is 800. The van der Waals surface area contributed by atoms with Gasteiger partial charge in [0.05, 0.1) is 5.57 Å². The highest BCUT2D eigenvalue weighted by Gasteiger charge is 2.27. The van der Waals surface area contributed by atoms with Gasteiger partial charge in [-0.15, -0.1) is 0 Å². The van der Waals surface area contributed by atoms with Crippen LogP contribution >= 0.6 is 0 Å². The lowest BCUT2D eigenvalue weighted by atomic mass is 9.84. The molecule has 23 heavy (non-hydrogen) atoms. The second-order valence-electron chi connectivity index (χ2n) is 6.10. The van der Waals surface area contributed by atoms with E-state index in [1.54, 1.807) is 0 Å². The zero-order chi connectivity index (χ0) is 15.6. The van der Waals surface area contributed by atoms with Crippen molar-refractivity contribution in [3.63, 3.8) is 0 Å². The number of ether oxygens (including phenoxy) is 1. The third-order valence-electron chi connectivity index (χ3n) is 4.65. The monoisotopic (exact) mass is 302 g/mol. The molecule has 2 aliphatic rings. The minimum absolute atomic E-state index is 0.239. The van der Waals surface area contributed by atoms with Crippen molar-refractivity contribution in [1.82, 2.24) is 0 Å². The number of para-hydroxylation sites is 1. The van der Waals surface area contributed by atoms with Crippen LogP contribution in [0.5, 0.6) is 5.75 Å². The van der Waals surface area contributed by atoms with Crippen molar-refractivity contribution in [2.75, 3.05) is 0 Å². The molecule has 0 aromatic heterocycles. The van der Waals surface area contributed by atoms with Gasteiger partial charge in [-0.25, -0.2) is 4.79 Å². The summed E-state index contributed by atoms with van der Waals surface area (Å²) in [5.74, 6) is 1.01. The predicted molar refractivity (Wildman–Crippen MR) is 91.2 cm³/mol. The molecule has 2 nitrogen and oxygen atoms in total. The van der Waals surface area contributed by atoms with Gasteiger partial charge >= 0.3 is 5.97 Å². The molecule has 2 aromatic carbocycles. The number of allylic oxidation sites excluding steroid dienone is 3. The van der Waals surface area contributed by atoms with Gasteiger partial charge in [0.2, 0.25) is 0 Å². The number of fused-ring (bicyclic) bond motifs is 1. The van der Waals surface area contributed by atoms with Crippen LogP contribution in [0.2, 0.25) is 0 Å². The molecule has 0 amide bonds. The fourth-order valence-corrected chi connectivity index (χ4v) is 3.38. The zero-order valence-corrected chi connectivity index (χ0v) is 12.9. The van der Waals surface area contributed by atoms with Crippen molar-refractivity contribution in [2.24, 2.45) is 0 Å². The summed E-state index contributed by atoms with van der Waals surface area (Å²) in [7, 11) is 0. The second-order valence-corrected chi connectivity index (χ2v) is 6.10. The Labute approximate surface area is 136 Å². The van der Waals surface area contributed by atoms with Crippen molar-refractivity contribution in [3.05, 3.63) is 83.4 Å². The molecule has 0 fully saturated rings. The highest BCUT2D eigenvalue weighted by atomic mass is 16.5. The molecule has 0 saturated heterocycles. The maximum absolute atomic E-state index is 12.1. The Balaban J connectivity index is 1.57. The maximum Gasteiger partial charge on any atom is 0.344 e. The molecule has 4 rings (SSSR count). The van der Waals surface area contributed by atoms with E-state index in [1.807, 2.05) is 30.3 Å². The largest absolute Gasteiger partial charge is 0.422 e. The summed E-state index contributed by atoms with van der Waals surface area (Å²) < 4.78 is 5.32. The van der Waals surface area contributed by atoms with E-state index in [4.69, 9.17) is 4.74 Å². The first-order valence-electron chi connectivity index (χ1n) is 8.08. The summed E-state index contributed by atoms with van der Waals surface area (Å²) in [5.41, 5.74) is 4.23. The average molecular weight is 302 g/mol. The summed E-state index contributed by atoms with van der Waals surface area (Å²) in [5, 5.41) is 0. The molecule has 0 radical (unpaired) electrons. The van der Waals surface area contributed by atoms with E-state index >= 15 is 0 Å². The van der Waals surface area contributed by atoms with Gasteiger partial charge in [0.25, 0.3) is 0 Å². The summed E-state index contributed by atoms with van der Waals surface area (Å²) in [6.07, 6.45) is 7.42. The second kappa shape index (κ2) is 5.88. The van der Waals surface area contributed by atoms with Crippen LogP contribution in [0.25, 0.3) is 5.57 Å². The Morgan fingerprint density at radius 2 is 1.78 bits per heavy atom. The number of carbonyl (C=O) groups excluding carboxylic acids is 1. The molecule has 0 bridgehead atoms. The molecule has 2 heteroatoms. The Kier molecular flexibility index (Phi) is 3.58. The van der Waals surface area contributed by atoms with Crippen LogP contribution in [-0.2, 0) is 4.79 Å². The number of hydrogen-bond acceptors (Lipinski definition) is 2. The molecule has 1 aliphatic carbocycles. The van der Waals surface area contributed by atoms with Crippen LogP contribution in [0.1, 0.15) is 36.3 Å². The third kappa shape index (κ3) is 2.72. The summed E-state index contributed by atoms with van der Waals surface area (Å²) >= 11 is 0. The average Bonchev–Trinajstić information content (AvgIpc) is 2.92. The maximum atomic E-state index is 12.1. The van der Waals surface area contributed by atoms with Gasteiger partial charge in [0.1, 0.15) is 5.75 Å². The van der Waals surface area contributed by atoms with Gasteiger partial charge in [0.15, 0.2) is 0 Å². The van der Waals surface area contributed by atoms with E-state index in [2.05, 4.69) is 36.4 Å². The van der Waals surface area contributed by atoms with E-state index in [-0.39, 0.29) is 5.97 Å². The van der Waals surface area contributed by atoms with Gasteiger partial charge in [-0.1, -0.05) is 60.2 Å². The molecular formula is C21H18O2. The van der Waals surface area contributed by atoms with Crippen LogP contribution in [0.3, 0.4) is 0 Å². The first-order valence-corrected chi connectivity index (χ1v) is 8.08. The Morgan fingerprint density at radius 3 is 2.57 bits per heavy atom. The first kappa shape index (κ1) is 14.0. The first-order chi connectivity index (χ1) is 11.3.